The number of aromatic nitrogens is 3. The van der Waals surface area contributed by atoms with Crippen LogP contribution in [0.2, 0.25) is 0 Å². The second kappa shape index (κ2) is 3.69. The van der Waals surface area contributed by atoms with E-state index in [0.29, 0.717) is 12.2 Å². The van der Waals surface area contributed by atoms with E-state index >= 15 is 0 Å². The number of hydrogen-bond acceptors (Lipinski definition) is 3. The largest absolute Gasteiger partial charge is 0.296 e. The van der Waals surface area contributed by atoms with Crippen LogP contribution in [0.4, 0.5) is 5.82 Å². The molecule has 0 spiro atoms. The number of hydrogen-bond donors (Lipinski definition) is 0. The number of rotatable bonds is 1. The van der Waals surface area contributed by atoms with E-state index < -0.39 is 0 Å². The first-order chi connectivity index (χ1) is 7.75. The molecule has 0 unspecified atom stereocenters. The lowest BCUT2D eigenvalue weighted by atomic mass is 10.4. The van der Waals surface area contributed by atoms with E-state index in [2.05, 4.69) is 32.6 Å². The van der Waals surface area contributed by atoms with E-state index in [1.165, 1.54) is 0 Å². The first-order valence-corrected chi connectivity index (χ1v) is 6.12. The molecule has 16 heavy (non-hydrogen) atoms. The molecule has 0 saturated carbocycles. The van der Waals surface area contributed by atoms with Crippen molar-refractivity contribution in [2.45, 2.75) is 12.8 Å². The predicted molar refractivity (Wildman–Crippen MR) is 67.3 cm³/mol. The Labute approximate surface area is 106 Å². The molecule has 0 aromatic carbocycles. The average Bonchev–Trinajstić information content (AvgIpc) is 2.86. The maximum absolute atomic E-state index is 11.6. The summed E-state index contributed by atoms with van der Waals surface area (Å²) in [7, 11) is 0. The lowest BCUT2D eigenvalue weighted by Crippen LogP contribution is -2.25. The molecule has 5 nitrogen and oxygen atoms in total. The summed E-state index contributed by atoms with van der Waals surface area (Å²) in [6.07, 6.45) is 6.89. The van der Waals surface area contributed by atoms with Crippen molar-refractivity contribution in [2.24, 2.45) is 0 Å². The fourth-order valence-electron chi connectivity index (χ4n) is 1.88. The summed E-state index contributed by atoms with van der Waals surface area (Å²) in [4.78, 5) is 21.8. The zero-order valence-electron chi connectivity index (χ0n) is 8.43. The Morgan fingerprint density at radius 2 is 2.19 bits per heavy atom. The molecule has 1 aliphatic rings. The Morgan fingerprint density at radius 1 is 1.31 bits per heavy atom. The Balaban J connectivity index is 2.10. The number of carbonyl (C=O) groups excluding carboxylic acids is 1. The molecule has 2 aromatic heterocycles. The second-order valence-corrected chi connectivity index (χ2v) is 4.81. The molecule has 1 fully saturated rings. The highest BCUT2D eigenvalue weighted by molar-refractivity contribution is 14.1. The van der Waals surface area contributed by atoms with Crippen LogP contribution in [0.25, 0.3) is 5.65 Å². The van der Waals surface area contributed by atoms with Gasteiger partial charge in [-0.3, -0.25) is 14.1 Å². The van der Waals surface area contributed by atoms with Crippen LogP contribution < -0.4 is 4.90 Å². The lowest BCUT2D eigenvalue weighted by molar-refractivity contribution is -0.117. The summed E-state index contributed by atoms with van der Waals surface area (Å²) < 4.78 is 2.96. The van der Waals surface area contributed by atoms with Crippen LogP contribution in [-0.2, 0) is 4.79 Å². The van der Waals surface area contributed by atoms with Gasteiger partial charge in [0.05, 0.1) is 18.6 Å². The highest BCUT2D eigenvalue weighted by Crippen LogP contribution is 2.20. The van der Waals surface area contributed by atoms with E-state index in [9.17, 15) is 4.79 Å². The van der Waals surface area contributed by atoms with Gasteiger partial charge in [0.25, 0.3) is 0 Å². The predicted octanol–water partition coefficient (Wildman–Crippen LogP) is 1.46. The van der Waals surface area contributed by atoms with Crippen molar-refractivity contribution in [2.75, 3.05) is 11.4 Å². The molecular weight excluding hydrogens is 319 g/mol. The van der Waals surface area contributed by atoms with Gasteiger partial charge < -0.3 is 0 Å². The Hall–Kier alpha value is -1.18. The van der Waals surface area contributed by atoms with E-state index in [-0.39, 0.29) is 5.91 Å². The maximum Gasteiger partial charge on any atom is 0.228 e. The zero-order valence-corrected chi connectivity index (χ0v) is 10.6. The minimum atomic E-state index is 0.155. The summed E-state index contributed by atoms with van der Waals surface area (Å²) in [5, 5.41) is 0. The standard InChI is InChI=1S/C10H9IN4O/c11-7-4-12-8-5-13-9(6-15(7)8)14-3-1-2-10(14)16/h4-6H,1-3H2. The van der Waals surface area contributed by atoms with Crippen LogP contribution >= 0.6 is 22.6 Å². The van der Waals surface area contributed by atoms with Crippen molar-refractivity contribution >= 4 is 40.0 Å². The summed E-state index contributed by atoms with van der Waals surface area (Å²) in [6.45, 7) is 0.766. The first kappa shape index (κ1) is 10.0. The molecule has 1 saturated heterocycles. The van der Waals surface area contributed by atoms with Gasteiger partial charge in [0, 0.05) is 13.0 Å². The quantitative estimate of drug-likeness (QED) is 0.745. The molecule has 3 heterocycles. The number of carbonyl (C=O) groups is 1. The highest BCUT2D eigenvalue weighted by atomic mass is 127. The number of halogens is 1. The van der Waals surface area contributed by atoms with E-state index in [1.807, 2.05) is 10.6 Å². The van der Waals surface area contributed by atoms with Crippen LogP contribution in [-0.4, -0.2) is 26.8 Å². The zero-order chi connectivity index (χ0) is 11.1. The van der Waals surface area contributed by atoms with E-state index in [0.717, 1.165) is 22.3 Å². The van der Waals surface area contributed by atoms with E-state index in [4.69, 9.17) is 0 Å². The second-order valence-electron chi connectivity index (χ2n) is 3.70. The third-order valence-corrected chi connectivity index (χ3v) is 3.49. The topological polar surface area (TPSA) is 50.5 Å². The molecule has 0 radical (unpaired) electrons. The van der Waals surface area contributed by atoms with Gasteiger partial charge in [0.2, 0.25) is 5.91 Å². The molecule has 0 aliphatic carbocycles. The first-order valence-electron chi connectivity index (χ1n) is 5.05. The Bertz CT molecular complexity index is 565. The molecule has 0 atom stereocenters. The Morgan fingerprint density at radius 3 is 2.94 bits per heavy atom. The van der Waals surface area contributed by atoms with Gasteiger partial charge in [-0.05, 0) is 29.0 Å². The molecule has 1 aliphatic heterocycles. The van der Waals surface area contributed by atoms with Crippen molar-refractivity contribution in [3.63, 3.8) is 0 Å². The molecule has 6 heteroatoms. The van der Waals surface area contributed by atoms with Gasteiger partial charge in [-0.1, -0.05) is 0 Å². The third kappa shape index (κ3) is 1.48. The lowest BCUT2D eigenvalue weighted by Gasteiger charge is -2.14. The van der Waals surface area contributed by atoms with Crippen LogP contribution in [0.1, 0.15) is 12.8 Å². The smallest absolute Gasteiger partial charge is 0.228 e. The van der Waals surface area contributed by atoms with Crippen molar-refractivity contribution in [1.82, 2.24) is 14.4 Å². The van der Waals surface area contributed by atoms with Crippen molar-refractivity contribution < 1.29 is 4.79 Å². The van der Waals surface area contributed by atoms with Crippen molar-refractivity contribution in [3.05, 3.63) is 22.3 Å². The molecule has 0 bridgehead atoms. The SMILES string of the molecule is O=C1CCCN1c1cn2c(I)cnc2cn1. The van der Waals surface area contributed by atoms with E-state index in [1.54, 1.807) is 17.3 Å². The van der Waals surface area contributed by atoms with Gasteiger partial charge in [-0.2, -0.15) is 0 Å². The van der Waals surface area contributed by atoms with Gasteiger partial charge in [0.15, 0.2) is 11.5 Å². The summed E-state index contributed by atoms with van der Waals surface area (Å²) in [5.74, 6) is 0.868. The van der Waals surface area contributed by atoms with Crippen LogP contribution in [0.5, 0.6) is 0 Å². The number of fused-ring (bicyclic) bond motifs is 1. The summed E-state index contributed by atoms with van der Waals surface area (Å²) in [6, 6.07) is 0. The summed E-state index contributed by atoms with van der Waals surface area (Å²) >= 11 is 2.21. The number of anilines is 1. The van der Waals surface area contributed by atoms with Gasteiger partial charge in [-0.15, -0.1) is 0 Å². The number of imidazole rings is 1. The molecule has 0 N–H and O–H groups in total. The van der Waals surface area contributed by atoms with Crippen molar-refractivity contribution in [3.8, 4) is 0 Å². The van der Waals surface area contributed by atoms with Crippen molar-refractivity contribution in [1.29, 1.82) is 0 Å². The normalized spacial score (nSPS) is 16.3. The Kier molecular flexibility index (Phi) is 2.31. The maximum atomic E-state index is 11.6. The number of amides is 1. The average molecular weight is 328 g/mol. The number of nitrogens with zero attached hydrogens (tertiary/aromatic N) is 4. The summed E-state index contributed by atoms with van der Waals surface area (Å²) in [5.41, 5.74) is 0.805. The molecule has 2 aromatic rings. The molecule has 3 rings (SSSR count). The highest BCUT2D eigenvalue weighted by Gasteiger charge is 2.23. The molecule has 82 valence electrons. The molecular formula is C10H9IN4O. The fourth-order valence-corrected chi connectivity index (χ4v) is 2.40. The van der Waals surface area contributed by atoms with Crippen LogP contribution in [0.3, 0.4) is 0 Å². The fraction of sp³-hybridized carbons (Fsp3) is 0.300. The van der Waals surface area contributed by atoms with Crippen LogP contribution in [0, 0.1) is 3.70 Å². The van der Waals surface area contributed by atoms with Gasteiger partial charge in [0.1, 0.15) is 3.70 Å². The van der Waals surface area contributed by atoms with Gasteiger partial charge >= 0.3 is 0 Å². The van der Waals surface area contributed by atoms with Crippen LogP contribution in [0.15, 0.2) is 18.6 Å². The monoisotopic (exact) mass is 328 g/mol. The minimum Gasteiger partial charge on any atom is -0.296 e. The third-order valence-electron chi connectivity index (χ3n) is 2.69. The molecule has 1 amide bonds. The van der Waals surface area contributed by atoms with Gasteiger partial charge in [-0.25, -0.2) is 9.97 Å². The minimum absolute atomic E-state index is 0.155.